The molecule has 22 heavy (non-hydrogen) atoms. The Morgan fingerprint density at radius 1 is 1.32 bits per heavy atom. The van der Waals surface area contributed by atoms with Gasteiger partial charge in [0.1, 0.15) is 17.5 Å². The summed E-state index contributed by atoms with van der Waals surface area (Å²) in [6, 6.07) is 4.69. The topological polar surface area (TPSA) is 76.1 Å². The van der Waals surface area contributed by atoms with Crippen LogP contribution in [0.15, 0.2) is 22.7 Å². The number of aromatic carboxylic acids is 1. The molecular weight excluding hydrogens is 354 g/mol. The second kappa shape index (κ2) is 6.16. The highest BCUT2D eigenvalue weighted by Gasteiger charge is 2.35. The first-order valence-corrected chi connectivity index (χ1v) is 7.62. The number of amides is 1. The van der Waals surface area contributed by atoms with E-state index in [0.29, 0.717) is 23.3 Å². The lowest BCUT2D eigenvalue weighted by molar-refractivity contribution is -0.0221. The average molecular weight is 372 g/mol. The standard InChI is InChI=1S/C15H18BrNO5/c1-15(2,3)22-14(20)17-7-10(8-17)21-9-4-5-11(13(18)19)12(16)6-9/h4-6,10H,7-8H2,1-3H3,(H,18,19). The predicted molar refractivity (Wildman–Crippen MR) is 83.3 cm³/mol. The highest BCUT2D eigenvalue weighted by Crippen LogP contribution is 2.26. The van der Waals surface area contributed by atoms with Crippen LogP contribution in [0.3, 0.4) is 0 Å². The van der Waals surface area contributed by atoms with Gasteiger partial charge < -0.3 is 19.5 Å². The van der Waals surface area contributed by atoms with Crippen molar-refractivity contribution in [2.45, 2.75) is 32.5 Å². The molecule has 0 unspecified atom stereocenters. The Balaban J connectivity index is 1.87. The second-order valence-corrected chi connectivity index (χ2v) is 6.93. The van der Waals surface area contributed by atoms with Crippen molar-refractivity contribution >= 4 is 28.0 Å². The number of carbonyl (C=O) groups is 2. The maximum absolute atomic E-state index is 11.8. The van der Waals surface area contributed by atoms with Crippen molar-refractivity contribution in [2.24, 2.45) is 0 Å². The van der Waals surface area contributed by atoms with Gasteiger partial charge in [0.25, 0.3) is 0 Å². The van der Waals surface area contributed by atoms with Gasteiger partial charge in [-0.15, -0.1) is 0 Å². The van der Waals surface area contributed by atoms with E-state index in [1.54, 1.807) is 17.0 Å². The minimum atomic E-state index is -1.00. The van der Waals surface area contributed by atoms with Gasteiger partial charge in [0.15, 0.2) is 0 Å². The normalized spacial score (nSPS) is 15.2. The molecule has 1 N–H and O–H groups in total. The summed E-state index contributed by atoms with van der Waals surface area (Å²) in [6.45, 7) is 6.36. The van der Waals surface area contributed by atoms with Gasteiger partial charge in [-0.2, -0.15) is 0 Å². The first-order valence-electron chi connectivity index (χ1n) is 6.83. The Morgan fingerprint density at radius 2 is 1.95 bits per heavy atom. The summed E-state index contributed by atoms with van der Waals surface area (Å²) < 4.78 is 11.4. The monoisotopic (exact) mass is 371 g/mol. The van der Waals surface area contributed by atoms with Crippen LogP contribution in [-0.4, -0.2) is 46.9 Å². The number of nitrogens with zero attached hydrogens (tertiary/aromatic N) is 1. The number of hydrogen-bond donors (Lipinski definition) is 1. The van der Waals surface area contributed by atoms with E-state index in [1.165, 1.54) is 6.07 Å². The molecule has 1 aliphatic rings. The van der Waals surface area contributed by atoms with Crippen LogP contribution in [0.2, 0.25) is 0 Å². The molecule has 0 aromatic heterocycles. The van der Waals surface area contributed by atoms with Crippen LogP contribution in [0.4, 0.5) is 4.79 Å². The van der Waals surface area contributed by atoms with Crippen LogP contribution >= 0.6 is 15.9 Å². The van der Waals surface area contributed by atoms with E-state index in [1.807, 2.05) is 20.8 Å². The fourth-order valence-corrected chi connectivity index (χ4v) is 2.45. The molecule has 1 saturated heterocycles. The summed E-state index contributed by atoms with van der Waals surface area (Å²) in [7, 11) is 0. The van der Waals surface area contributed by atoms with E-state index in [-0.39, 0.29) is 17.8 Å². The molecule has 1 heterocycles. The summed E-state index contributed by atoms with van der Waals surface area (Å²) >= 11 is 3.20. The summed E-state index contributed by atoms with van der Waals surface area (Å²) in [5.74, 6) is -0.441. The minimum Gasteiger partial charge on any atom is -0.487 e. The predicted octanol–water partition coefficient (Wildman–Crippen LogP) is 3.15. The van der Waals surface area contributed by atoms with Gasteiger partial charge in [-0.3, -0.25) is 0 Å². The molecule has 1 amide bonds. The van der Waals surface area contributed by atoms with Gasteiger partial charge in [-0.25, -0.2) is 9.59 Å². The van der Waals surface area contributed by atoms with Crippen LogP contribution in [0.25, 0.3) is 0 Å². The van der Waals surface area contributed by atoms with Crippen molar-refractivity contribution in [1.29, 1.82) is 0 Å². The van der Waals surface area contributed by atoms with E-state index < -0.39 is 11.6 Å². The number of hydrogen-bond acceptors (Lipinski definition) is 4. The van der Waals surface area contributed by atoms with Crippen LogP contribution in [-0.2, 0) is 4.74 Å². The first kappa shape index (κ1) is 16.6. The Bertz CT molecular complexity index is 590. The number of carboxylic acids is 1. The molecule has 2 rings (SSSR count). The number of likely N-dealkylation sites (tertiary alicyclic amines) is 1. The number of rotatable bonds is 3. The van der Waals surface area contributed by atoms with Gasteiger partial charge >= 0.3 is 12.1 Å². The van der Waals surface area contributed by atoms with Gasteiger partial charge in [0.2, 0.25) is 0 Å². The van der Waals surface area contributed by atoms with Crippen LogP contribution in [0.5, 0.6) is 5.75 Å². The molecule has 0 atom stereocenters. The third-order valence-corrected chi connectivity index (χ3v) is 3.63. The van der Waals surface area contributed by atoms with Crippen molar-refractivity contribution in [1.82, 2.24) is 4.90 Å². The van der Waals surface area contributed by atoms with Crippen molar-refractivity contribution in [3.8, 4) is 5.75 Å². The number of carboxylic acid groups (broad SMARTS) is 1. The van der Waals surface area contributed by atoms with E-state index >= 15 is 0 Å². The summed E-state index contributed by atoms with van der Waals surface area (Å²) in [5.41, 5.74) is -0.336. The minimum absolute atomic E-state index is 0.116. The smallest absolute Gasteiger partial charge is 0.410 e. The second-order valence-electron chi connectivity index (χ2n) is 6.07. The van der Waals surface area contributed by atoms with Crippen molar-refractivity contribution in [3.05, 3.63) is 28.2 Å². The van der Waals surface area contributed by atoms with Gasteiger partial charge in [0.05, 0.1) is 18.7 Å². The molecule has 1 aliphatic heterocycles. The molecule has 120 valence electrons. The van der Waals surface area contributed by atoms with Gasteiger partial charge in [0, 0.05) is 4.47 Å². The fourth-order valence-electron chi connectivity index (χ4n) is 1.92. The highest BCUT2D eigenvalue weighted by atomic mass is 79.9. The lowest BCUT2D eigenvalue weighted by Crippen LogP contribution is -2.57. The molecule has 1 aromatic carbocycles. The zero-order valence-corrected chi connectivity index (χ0v) is 14.2. The summed E-state index contributed by atoms with van der Waals surface area (Å²) in [4.78, 5) is 24.3. The third kappa shape index (κ3) is 4.13. The third-order valence-electron chi connectivity index (χ3n) is 2.97. The van der Waals surface area contributed by atoms with Crippen molar-refractivity contribution in [2.75, 3.05) is 13.1 Å². The van der Waals surface area contributed by atoms with Gasteiger partial charge in [-0.05, 0) is 54.9 Å². The zero-order chi connectivity index (χ0) is 16.5. The maximum atomic E-state index is 11.8. The largest absolute Gasteiger partial charge is 0.487 e. The Hall–Kier alpha value is -1.76. The number of benzene rings is 1. The lowest BCUT2D eigenvalue weighted by atomic mass is 10.1. The molecule has 0 aliphatic carbocycles. The van der Waals surface area contributed by atoms with E-state index in [0.717, 1.165) is 0 Å². The van der Waals surface area contributed by atoms with E-state index in [9.17, 15) is 9.59 Å². The van der Waals surface area contributed by atoms with Gasteiger partial charge in [-0.1, -0.05) is 0 Å². The number of halogens is 1. The SMILES string of the molecule is CC(C)(C)OC(=O)N1CC(Oc2ccc(C(=O)O)c(Br)c2)C1. The molecule has 0 spiro atoms. The molecule has 0 saturated carbocycles. The molecule has 0 bridgehead atoms. The molecule has 1 aromatic rings. The maximum Gasteiger partial charge on any atom is 0.410 e. The Kier molecular flexibility index (Phi) is 4.65. The molecule has 1 fully saturated rings. The van der Waals surface area contributed by atoms with Crippen LogP contribution < -0.4 is 4.74 Å². The number of carbonyl (C=O) groups excluding carboxylic acids is 1. The summed E-state index contributed by atoms with van der Waals surface area (Å²) in [5, 5.41) is 8.96. The first-order chi connectivity index (χ1) is 10.2. The summed E-state index contributed by atoms with van der Waals surface area (Å²) in [6.07, 6.45) is -0.468. The lowest BCUT2D eigenvalue weighted by Gasteiger charge is -2.39. The Morgan fingerprint density at radius 3 is 2.45 bits per heavy atom. The number of ether oxygens (including phenoxy) is 2. The van der Waals surface area contributed by atoms with Crippen LogP contribution in [0.1, 0.15) is 31.1 Å². The fraction of sp³-hybridized carbons (Fsp3) is 0.467. The van der Waals surface area contributed by atoms with E-state index in [2.05, 4.69) is 15.9 Å². The molecular formula is C15H18BrNO5. The Labute approximate surface area is 137 Å². The van der Waals surface area contributed by atoms with E-state index in [4.69, 9.17) is 14.6 Å². The van der Waals surface area contributed by atoms with Crippen molar-refractivity contribution < 1.29 is 24.2 Å². The van der Waals surface area contributed by atoms with Crippen molar-refractivity contribution in [3.63, 3.8) is 0 Å². The molecule has 0 radical (unpaired) electrons. The average Bonchev–Trinajstić information content (AvgIpc) is 2.30. The molecule has 7 heteroatoms. The quantitative estimate of drug-likeness (QED) is 0.882. The van der Waals surface area contributed by atoms with Crippen LogP contribution in [0, 0.1) is 0 Å². The molecule has 6 nitrogen and oxygen atoms in total. The zero-order valence-electron chi connectivity index (χ0n) is 12.6. The highest BCUT2D eigenvalue weighted by molar-refractivity contribution is 9.10.